The van der Waals surface area contributed by atoms with Gasteiger partial charge in [0.15, 0.2) is 5.78 Å². The predicted molar refractivity (Wildman–Crippen MR) is 101 cm³/mol. The predicted octanol–water partition coefficient (Wildman–Crippen LogP) is 2.34. The number of Topliss-reactive ketones (excluding diaryl/α,β-unsaturated/α-hetero) is 1. The molecule has 0 saturated heterocycles. The van der Waals surface area contributed by atoms with E-state index in [9.17, 15) is 24.6 Å². The molecule has 0 heterocycles. The van der Waals surface area contributed by atoms with Gasteiger partial charge in [0.2, 0.25) is 0 Å². The Hall–Kier alpha value is -2.41. The molecule has 28 heavy (non-hydrogen) atoms. The van der Waals surface area contributed by atoms with Crippen LogP contribution in [0.5, 0.6) is 5.75 Å². The first-order chi connectivity index (χ1) is 12.9. The molecular weight excluding hydrogens is 364 g/mol. The molecule has 7 nitrogen and oxygen atoms in total. The Kier molecular flexibility index (Phi) is 6.49. The lowest BCUT2D eigenvalue weighted by molar-refractivity contribution is -0.176. The summed E-state index contributed by atoms with van der Waals surface area (Å²) in [4.78, 5) is 38.4. The van der Waals surface area contributed by atoms with Gasteiger partial charge in [0, 0.05) is 12.3 Å². The van der Waals surface area contributed by atoms with Crippen molar-refractivity contribution >= 4 is 17.7 Å². The quantitative estimate of drug-likeness (QED) is 0.584. The Morgan fingerprint density at radius 3 is 2.04 bits per heavy atom. The number of esters is 2. The maximum atomic E-state index is 12.9. The highest BCUT2D eigenvalue weighted by Crippen LogP contribution is 2.47. The molecule has 7 heteroatoms. The van der Waals surface area contributed by atoms with Crippen LogP contribution in [0, 0.1) is 11.8 Å². The number of hydrogen-bond donors (Lipinski definition) is 2. The van der Waals surface area contributed by atoms with Crippen molar-refractivity contribution < 1.29 is 34.1 Å². The fraction of sp³-hybridized carbons (Fsp3) is 0.571. The number of phenolic OH excluding ortho intramolecular Hbond substituents is 1. The molecule has 1 aromatic carbocycles. The lowest BCUT2D eigenvalue weighted by Gasteiger charge is -2.44. The molecule has 154 valence electrons. The van der Waals surface area contributed by atoms with Crippen LogP contribution in [0.1, 0.15) is 52.5 Å². The van der Waals surface area contributed by atoms with Crippen LogP contribution in [0.3, 0.4) is 0 Å². The van der Waals surface area contributed by atoms with E-state index in [1.165, 1.54) is 31.2 Å². The molecule has 0 spiro atoms. The lowest BCUT2D eigenvalue weighted by Crippen LogP contribution is -2.55. The Balaban J connectivity index is 2.59. The molecule has 0 aliphatic heterocycles. The average Bonchev–Trinajstić information content (AvgIpc) is 2.52. The first-order valence-electron chi connectivity index (χ1n) is 9.39. The van der Waals surface area contributed by atoms with Gasteiger partial charge in [-0.15, -0.1) is 0 Å². The number of hydrogen-bond acceptors (Lipinski definition) is 7. The van der Waals surface area contributed by atoms with Crippen LogP contribution in [0.2, 0.25) is 0 Å². The summed E-state index contributed by atoms with van der Waals surface area (Å²) in [5, 5.41) is 20.5. The SMILES string of the molecule is CC(C)OC(=O)[C@H]1C(=O)C[C@](C)(O)[C@@H](C(=O)OC(C)C)[C@H]1c1ccc(O)cc1. The number of carbonyl (C=O) groups excluding carboxylic acids is 3. The Bertz CT molecular complexity index is 726. The smallest absolute Gasteiger partial charge is 0.317 e. The molecule has 4 atom stereocenters. The number of ketones is 1. The number of aliphatic hydroxyl groups is 1. The minimum Gasteiger partial charge on any atom is -0.508 e. The van der Waals surface area contributed by atoms with Gasteiger partial charge in [-0.2, -0.15) is 0 Å². The molecule has 2 N–H and O–H groups in total. The van der Waals surface area contributed by atoms with Gasteiger partial charge in [0.1, 0.15) is 11.7 Å². The number of rotatable bonds is 5. The van der Waals surface area contributed by atoms with Crippen molar-refractivity contribution in [2.24, 2.45) is 11.8 Å². The van der Waals surface area contributed by atoms with Crippen molar-refractivity contribution in [2.75, 3.05) is 0 Å². The van der Waals surface area contributed by atoms with Gasteiger partial charge in [-0.25, -0.2) is 0 Å². The highest BCUT2D eigenvalue weighted by Gasteiger charge is 2.57. The summed E-state index contributed by atoms with van der Waals surface area (Å²) in [7, 11) is 0. The van der Waals surface area contributed by atoms with E-state index in [0.717, 1.165) is 0 Å². The van der Waals surface area contributed by atoms with Crippen molar-refractivity contribution in [3.8, 4) is 5.75 Å². The molecule has 2 rings (SSSR count). The Morgan fingerprint density at radius 1 is 1.04 bits per heavy atom. The average molecular weight is 392 g/mol. The third-order valence-electron chi connectivity index (χ3n) is 4.76. The normalized spacial score (nSPS) is 27.7. The van der Waals surface area contributed by atoms with E-state index < -0.39 is 53.3 Å². The van der Waals surface area contributed by atoms with E-state index in [1.54, 1.807) is 27.7 Å². The number of benzene rings is 1. The van der Waals surface area contributed by atoms with Gasteiger partial charge in [0.05, 0.1) is 23.7 Å². The first-order valence-corrected chi connectivity index (χ1v) is 9.39. The van der Waals surface area contributed by atoms with Crippen LogP contribution >= 0.6 is 0 Å². The second kappa shape index (κ2) is 8.31. The second-order valence-corrected chi connectivity index (χ2v) is 8.04. The Morgan fingerprint density at radius 2 is 1.54 bits per heavy atom. The fourth-order valence-corrected chi connectivity index (χ4v) is 3.72. The number of phenols is 1. The summed E-state index contributed by atoms with van der Waals surface area (Å²) in [6, 6.07) is 5.86. The molecule has 0 bridgehead atoms. The van der Waals surface area contributed by atoms with Gasteiger partial charge >= 0.3 is 11.9 Å². The minimum absolute atomic E-state index is 0.000241. The summed E-state index contributed by atoms with van der Waals surface area (Å²) < 4.78 is 10.6. The van der Waals surface area contributed by atoms with E-state index >= 15 is 0 Å². The minimum atomic E-state index is -1.69. The highest BCUT2D eigenvalue weighted by atomic mass is 16.5. The molecule has 1 saturated carbocycles. The highest BCUT2D eigenvalue weighted by molar-refractivity contribution is 6.02. The van der Waals surface area contributed by atoms with Crippen molar-refractivity contribution in [3.63, 3.8) is 0 Å². The van der Waals surface area contributed by atoms with Crippen LogP contribution in [-0.2, 0) is 23.9 Å². The summed E-state index contributed by atoms with van der Waals surface area (Å²) >= 11 is 0. The molecule has 1 aliphatic carbocycles. The third kappa shape index (κ3) is 4.70. The molecule has 1 fully saturated rings. The van der Waals surface area contributed by atoms with Crippen molar-refractivity contribution in [1.29, 1.82) is 0 Å². The summed E-state index contributed by atoms with van der Waals surface area (Å²) in [5.74, 6) is -5.31. The van der Waals surface area contributed by atoms with E-state index in [2.05, 4.69) is 0 Å². The number of aromatic hydroxyl groups is 1. The standard InChI is InChI=1S/C21H28O7/c1-11(2)27-19(24)17-15(23)10-21(5,26)18(20(25)28-12(3)4)16(17)13-6-8-14(22)9-7-13/h6-9,11-12,16-18,22,26H,10H2,1-5H3/t16-,17-,18+,21-/m0/s1. The van der Waals surface area contributed by atoms with Crippen LogP contribution in [0.15, 0.2) is 24.3 Å². The van der Waals surface area contributed by atoms with Gasteiger partial charge in [-0.3, -0.25) is 14.4 Å². The van der Waals surface area contributed by atoms with Crippen molar-refractivity contribution in [1.82, 2.24) is 0 Å². The zero-order valence-electron chi connectivity index (χ0n) is 16.8. The molecule has 0 amide bonds. The lowest BCUT2D eigenvalue weighted by atomic mass is 9.61. The van der Waals surface area contributed by atoms with Crippen molar-refractivity contribution in [2.45, 2.75) is 64.8 Å². The van der Waals surface area contributed by atoms with Crippen molar-refractivity contribution in [3.05, 3.63) is 29.8 Å². The molecule has 0 unspecified atom stereocenters. The molecule has 0 radical (unpaired) electrons. The van der Waals surface area contributed by atoms with Gasteiger partial charge < -0.3 is 19.7 Å². The summed E-state index contributed by atoms with van der Waals surface area (Å²) in [6.45, 7) is 8.10. The molecular formula is C21H28O7. The summed E-state index contributed by atoms with van der Waals surface area (Å²) in [5.41, 5.74) is -1.23. The molecule has 1 aliphatic rings. The molecule has 0 aromatic heterocycles. The van der Waals surface area contributed by atoms with Crippen LogP contribution < -0.4 is 0 Å². The van der Waals surface area contributed by atoms with E-state index in [0.29, 0.717) is 5.56 Å². The number of carbonyl (C=O) groups is 3. The monoisotopic (exact) mass is 392 g/mol. The first kappa shape index (κ1) is 21.9. The molecule has 1 aromatic rings. The fourth-order valence-electron chi connectivity index (χ4n) is 3.72. The van der Waals surface area contributed by atoms with Gasteiger partial charge in [-0.05, 0) is 52.3 Å². The third-order valence-corrected chi connectivity index (χ3v) is 4.76. The van der Waals surface area contributed by atoms with Crippen LogP contribution in [0.4, 0.5) is 0 Å². The van der Waals surface area contributed by atoms with E-state index in [1.807, 2.05) is 0 Å². The van der Waals surface area contributed by atoms with Gasteiger partial charge in [0.25, 0.3) is 0 Å². The van der Waals surface area contributed by atoms with Crippen LogP contribution in [0.25, 0.3) is 0 Å². The van der Waals surface area contributed by atoms with E-state index in [-0.39, 0.29) is 12.2 Å². The maximum Gasteiger partial charge on any atom is 0.317 e. The zero-order chi connectivity index (χ0) is 21.2. The zero-order valence-corrected chi connectivity index (χ0v) is 16.8. The largest absolute Gasteiger partial charge is 0.508 e. The summed E-state index contributed by atoms with van der Waals surface area (Å²) in [6.07, 6.45) is -1.23. The van der Waals surface area contributed by atoms with Gasteiger partial charge in [-0.1, -0.05) is 12.1 Å². The maximum absolute atomic E-state index is 12.9. The number of ether oxygens (including phenoxy) is 2. The van der Waals surface area contributed by atoms with Crippen LogP contribution in [-0.4, -0.2) is 45.7 Å². The topological polar surface area (TPSA) is 110 Å². The second-order valence-electron chi connectivity index (χ2n) is 8.04. The van der Waals surface area contributed by atoms with E-state index in [4.69, 9.17) is 9.47 Å². The Labute approximate surface area is 164 Å².